The highest BCUT2D eigenvalue weighted by Crippen LogP contribution is 2.47. The van der Waals surface area contributed by atoms with Crippen molar-refractivity contribution < 1.29 is 27.4 Å². The van der Waals surface area contributed by atoms with Gasteiger partial charge in [-0.25, -0.2) is 9.80 Å². The number of esters is 1. The van der Waals surface area contributed by atoms with Gasteiger partial charge in [0.05, 0.1) is 37.1 Å². The average molecular weight is 476 g/mol. The topological polar surface area (TPSA) is 71.3 Å². The SMILES string of the molecule is CCOC(=O)C1=C(C(F)(F)F)c2ccccc2N(c2ccc(N3CCN(N)CC3)c(OC)c2)C1. The van der Waals surface area contributed by atoms with Gasteiger partial charge in [-0.15, -0.1) is 0 Å². The Hall–Kier alpha value is -3.24. The summed E-state index contributed by atoms with van der Waals surface area (Å²) < 4.78 is 52.9. The van der Waals surface area contributed by atoms with Crippen LogP contribution in [0.5, 0.6) is 5.75 Å². The molecule has 0 amide bonds. The summed E-state index contributed by atoms with van der Waals surface area (Å²) in [6.07, 6.45) is -4.71. The third-order valence-electron chi connectivity index (χ3n) is 6.02. The largest absolute Gasteiger partial charge is 0.495 e. The van der Waals surface area contributed by atoms with Crippen LogP contribution in [0, 0.1) is 0 Å². The van der Waals surface area contributed by atoms with Crippen molar-refractivity contribution in [3.63, 3.8) is 0 Å². The van der Waals surface area contributed by atoms with Crippen LogP contribution in [0.2, 0.25) is 0 Å². The molecule has 7 nitrogen and oxygen atoms in total. The van der Waals surface area contributed by atoms with E-state index in [1.807, 2.05) is 12.1 Å². The van der Waals surface area contributed by atoms with Gasteiger partial charge in [0.1, 0.15) is 5.75 Å². The molecule has 0 saturated carbocycles. The Morgan fingerprint density at radius 2 is 1.76 bits per heavy atom. The fourth-order valence-corrected chi connectivity index (χ4v) is 4.40. The molecule has 0 bridgehead atoms. The van der Waals surface area contributed by atoms with E-state index in [4.69, 9.17) is 15.3 Å². The molecule has 34 heavy (non-hydrogen) atoms. The number of carbonyl (C=O) groups is 1. The molecule has 2 aliphatic rings. The van der Waals surface area contributed by atoms with E-state index in [1.54, 1.807) is 42.1 Å². The van der Waals surface area contributed by atoms with Gasteiger partial charge in [-0.05, 0) is 25.1 Å². The molecular formula is C24H27F3N4O3. The molecule has 2 N–H and O–H groups in total. The van der Waals surface area contributed by atoms with Crippen molar-refractivity contribution in [1.82, 2.24) is 5.01 Å². The second-order valence-corrected chi connectivity index (χ2v) is 8.05. The summed E-state index contributed by atoms with van der Waals surface area (Å²) in [6, 6.07) is 11.7. The smallest absolute Gasteiger partial charge is 0.417 e. The summed E-state index contributed by atoms with van der Waals surface area (Å²) in [5.74, 6) is 5.47. The van der Waals surface area contributed by atoms with Crippen molar-refractivity contribution in [2.45, 2.75) is 13.1 Å². The number of piperazine rings is 1. The van der Waals surface area contributed by atoms with Crippen molar-refractivity contribution in [3.05, 3.63) is 53.6 Å². The summed E-state index contributed by atoms with van der Waals surface area (Å²) in [7, 11) is 1.55. The number of alkyl halides is 3. The number of allylic oxidation sites excluding steroid dienone is 1. The van der Waals surface area contributed by atoms with Crippen molar-refractivity contribution in [2.24, 2.45) is 5.84 Å². The molecular weight excluding hydrogens is 449 g/mol. The van der Waals surface area contributed by atoms with Crippen LogP contribution in [0.25, 0.3) is 5.57 Å². The summed E-state index contributed by atoms with van der Waals surface area (Å²) in [4.78, 5) is 16.4. The van der Waals surface area contributed by atoms with Crippen molar-refractivity contribution in [1.29, 1.82) is 0 Å². The summed E-state index contributed by atoms with van der Waals surface area (Å²) in [5, 5.41) is 1.75. The second kappa shape index (κ2) is 9.55. The maximum atomic E-state index is 14.1. The number of nitrogens with two attached hydrogens (primary N) is 1. The number of hydrazine groups is 1. The van der Waals surface area contributed by atoms with Crippen LogP contribution >= 0.6 is 0 Å². The first kappa shape index (κ1) is 23.9. The third-order valence-corrected chi connectivity index (χ3v) is 6.02. The fourth-order valence-electron chi connectivity index (χ4n) is 4.40. The number of para-hydroxylation sites is 1. The number of carbonyl (C=O) groups excluding carboxylic acids is 1. The van der Waals surface area contributed by atoms with Crippen LogP contribution in [-0.2, 0) is 9.53 Å². The zero-order valence-corrected chi connectivity index (χ0v) is 19.1. The van der Waals surface area contributed by atoms with Gasteiger partial charge < -0.3 is 19.3 Å². The molecule has 2 aliphatic heterocycles. The van der Waals surface area contributed by atoms with Crippen LogP contribution in [0.1, 0.15) is 12.5 Å². The Morgan fingerprint density at radius 3 is 2.41 bits per heavy atom. The number of ether oxygens (including phenoxy) is 2. The Bertz CT molecular complexity index is 1100. The molecule has 0 atom stereocenters. The average Bonchev–Trinajstić information content (AvgIpc) is 2.82. The van der Waals surface area contributed by atoms with Crippen LogP contribution in [0.4, 0.5) is 30.2 Å². The number of halogens is 3. The first-order chi connectivity index (χ1) is 16.2. The maximum absolute atomic E-state index is 14.1. The third kappa shape index (κ3) is 4.55. The predicted octanol–water partition coefficient (Wildman–Crippen LogP) is 3.72. The minimum absolute atomic E-state index is 0.0201. The van der Waals surface area contributed by atoms with E-state index in [0.29, 0.717) is 30.2 Å². The molecule has 182 valence electrons. The maximum Gasteiger partial charge on any atom is 0.417 e. The van der Waals surface area contributed by atoms with Gasteiger partial charge in [0.2, 0.25) is 0 Å². The summed E-state index contributed by atoms with van der Waals surface area (Å²) in [6.45, 7) is 4.13. The summed E-state index contributed by atoms with van der Waals surface area (Å²) >= 11 is 0. The molecule has 1 fully saturated rings. The van der Waals surface area contributed by atoms with Gasteiger partial charge in [0, 0.05) is 49.2 Å². The van der Waals surface area contributed by atoms with E-state index in [0.717, 1.165) is 18.8 Å². The summed E-state index contributed by atoms with van der Waals surface area (Å²) in [5.41, 5.74) is 0.396. The minimum Gasteiger partial charge on any atom is -0.495 e. The van der Waals surface area contributed by atoms with Crippen LogP contribution in [0.3, 0.4) is 0 Å². The number of hydrogen-bond donors (Lipinski definition) is 1. The van der Waals surface area contributed by atoms with Gasteiger partial charge >= 0.3 is 12.1 Å². The van der Waals surface area contributed by atoms with Crippen molar-refractivity contribution >= 4 is 28.6 Å². The number of benzene rings is 2. The molecule has 0 unspecified atom stereocenters. The van der Waals surface area contributed by atoms with Gasteiger partial charge in [-0.3, -0.25) is 5.84 Å². The van der Waals surface area contributed by atoms with Crippen LogP contribution in [-0.4, -0.2) is 63.6 Å². The number of rotatable bonds is 5. The Morgan fingerprint density at radius 1 is 1.06 bits per heavy atom. The van der Waals surface area contributed by atoms with E-state index in [-0.39, 0.29) is 18.7 Å². The Labute approximate surface area is 196 Å². The minimum atomic E-state index is -4.71. The van der Waals surface area contributed by atoms with E-state index < -0.39 is 23.3 Å². The lowest BCUT2D eigenvalue weighted by Crippen LogP contribution is -2.49. The van der Waals surface area contributed by atoms with Crippen LogP contribution in [0.15, 0.2) is 48.0 Å². The van der Waals surface area contributed by atoms with Gasteiger partial charge in [0.15, 0.2) is 0 Å². The molecule has 2 aromatic carbocycles. The lowest BCUT2D eigenvalue weighted by Gasteiger charge is -2.36. The highest BCUT2D eigenvalue weighted by Gasteiger charge is 2.44. The monoisotopic (exact) mass is 476 g/mol. The number of hydrogen-bond acceptors (Lipinski definition) is 7. The number of anilines is 3. The molecule has 1 saturated heterocycles. The zero-order chi connectivity index (χ0) is 24.5. The van der Waals surface area contributed by atoms with E-state index in [1.165, 1.54) is 12.1 Å². The molecule has 4 rings (SSSR count). The van der Waals surface area contributed by atoms with Crippen molar-refractivity contribution in [3.8, 4) is 5.75 Å². The Balaban J connectivity index is 1.78. The van der Waals surface area contributed by atoms with Crippen molar-refractivity contribution in [2.75, 3.05) is 56.2 Å². The molecule has 0 aromatic heterocycles. The van der Waals surface area contributed by atoms with Gasteiger partial charge in [-0.1, -0.05) is 18.2 Å². The lowest BCUT2D eigenvalue weighted by molar-refractivity contribution is -0.139. The first-order valence-electron chi connectivity index (χ1n) is 11.0. The predicted molar refractivity (Wildman–Crippen MR) is 124 cm³/mol. The zero-order valence-electron chi connectivity index (χ0n) is 19.1. The second-order valence-electron chi connectivity index (χ2n) is 8.05. The molecule has 0 aliphatic carbocycles. The van der Waals surface area contributed by atoms with Crippen LogP contribution < -0.4 is 20.4 Å². The van der Waals surface area contributed by atoms with E-state index in [9.17, 15) is 18.0 Å². The van der Waals surface area contributed by atoms with Gasteiger partial charge in [-0.2, -0.15) is 13.2 Å². The lowest BCUT2D eigenvalue weighted by atomic mass is 9.92. The molecule has 0 radical (unpaired) electrons. The fraction of sp³-hybridized carbons (Fsp3) is 0.375. The Kier molecular flexibility index (Phi) is 6.72. The number of fused-ring (bicyclic) bond motifs is 1. The molecule has 2 aromatic rings. The van der Waals surface area contributed by atoms with E-state index in [2.05, 4.69) is 4.90 Å². The number of nitrogens with zero attached hydrogens (tertiary/aromatic N) is 3. The molecule has 0 spiro atoms. The van der Waals surface area contributed by atoms with E-state index >= 15 is 0 Å². The quantitative estimate of drug-likeness (QED) is 0.521. The number of methoxy groups -OCH3 is 1. The highest BCUT2D eigenvalue weighted by molar-refractivity contribution is 6.04. The molecule has 10 heteroatoms. The van der Waals surface area contributed by atoms with Gasteiger partial charge in [0.25, 0.3) is 0 Å². The molecule has 2 heterocycles. The first-order valence-corrected chi connectivity index (χ1v) is 11.0. The normalized spacial score (nSPS) is 17.0. The standard InChI is InChI=1S/C24H27F3N4O3/c1-3-34-23(32)18-15-31(19-7-5-4-6-17(19)22(18)24(25,26)27)16-8-9-20(21(14-16)33-2)29-10-12-30(28)13-11-29/h4-9,14H,3,10-13,15,28H2,1-2H3. The highest BCUT2D eigenvalue weighted by atomic mass is 19.4.